The summed E-state index contributed by atoms with van der Waals surface area (Å²) < 4.78 is 29.0. The lowest BCUT2D eigenvalue weighted by molar-refractivity contribution is 0.414. The van der Waals surface area contributed by atoms with E-state index in [9.17, 15) is 8.42 Å². The van der Waals surface area contributed by atoms with Crippen LogP contribution in [0.4, 0.5) is 0 Å². The predicted molar refractivity (Wildman–Crippen MR) is 78.1 cm³/mol. The fourth-order valence-electron chi connectivity index (χ4n) is 1.90. The van der Waals surface area contributed by atoms with E-state index in [-0.39, 0.29) is 11.5 Å². The lowest BCUT2D eigenvalue weighted by Gasteiger charge is -2.13. The van der Waals surface area contributed by atoms with E-state index in [1.807, 2.05) is 18.2 Å². The molecule has 1 aromatic rings. The van der Waals surface area contributed by atoms with E-state index < -0.39 is 15.9 Å². The molecule has 0 aliphatic rings. The van der Waals surface area contributed by atoms with Crippen molar-refractivity contribution in [3.63, 3.8) is 0 Å². The summed E-state index contributed by atoms with van der Waals surface area (Å²) in [5, 5.41) is 0. The van der Waals surface area contributed by atoms with Crippen molar-refractivity contribution in [2.75, 3.05) is 18.6 Å². The lowest BCUT2D eigenvalue weighted by Crippen LogP contribution is -2.23. The van der Waals surface area contributed by atoms with E-state index in [1.165, 1.54) is 0 Å². The van der Waals surface area contributed by atoms with Crippen molar-refractivity contribution in [3.05, 3.63) is 29.8 Å². The summed E-state index contributed by atoms with van der Waals surface area (Å²) >= 11 is 0. The van der Waals surface area contributed by atoms with Crippen LogP contribution in [0.2, 0.25) is 0 Å². The zero-order valence-electron chi connectivity index (χ0n) is 11.6. The maximum absolute atomic E-state index is 11.9. The topological polar surface area (TPSA) is 69.4 Å². The van der Waals surface area contributed by atoms with Crippen LogP contribution >= 0.6 is 0 Å². The van der Waals surface area contributed by atoms with E-state index >= 15 is 0 Å². The van der Waals surface area contributed by atoms with E-state index in [1.54, 1.807) is 13.2 Å². The van der Waals surface area contributed by atoms with E-state index in [4.69, 9.17) is 10.5 Å². The molecule has 19 heavy (non-hydrogen) atoms. The quantitative estimate of drug-likeness (QED) is 0.744. The molecule has 1 rings (SSSR count). The number of hydrogen-bond acceptors (Lipinski definition) is 4. The lowest BCUT2D eigenvalue weighted by atomic mass is 10.1. The van der Waals surface area contributed by atoms with Gasteiger partial charge in [0.2, 0.25) is 0 Å². The smallest absolute Gasteiger partial charge is 0.152 e. The maximum atomic E-state index is 11.9. The third kappa shape index (κ3) is 5.61. The van der Waals surface area contributed by atoms with Gasteiger partial charge in [-0.25, -0.2) is 8.42 Å². The van der Waals surface area contributed by atoms with Crippen molar-refractivity contribution >= 4 is 9.84 Å². The zero-order chi connectivity index (χ0) is 14.3. The van der Waals surface area contributed by atoms with Gasteiger partial charge in [-0.2, -0.15) is 0 Å². The average molecular weight is 285 g/mol. The Bertz CT molecular complexity index is 485. The molecule has 0 bridgehead atoms. The fourth-order valence-corrected chi connectivity index (χ4v) is 3.45. The Morgan fingerprint density at radius 3 is 2.68 bits per heavy atom. The minimum atomic E-state index is -3.09. The molecular weight excluding hydrogens is 262 g/mol. The molecule has 0 fully saturated rings. The minimum absolute atomic E-state index is 0.0100. The molecule has 2 N–H and O–H groups in total. The van der Waals surface area contributed by atoms with Gasteiger partial charge in [0.15, 0.2) is 9.84 Å². The van der Waals surface area contributed by atoms with Crippen LogP contribution in [0.25, 0.3) is 0 Å². The largest absolute Gasteiger partial charge is 0.497 e. The third-order valence-corrected chi connectivity index (χ3v) is 4.79. The number of nitrogens with two attached hydrogens (primary N) is 1. The summed E-state index contributed by atoms with van der Waals surface area (Å²) in [5.74, 6) is 0.902. The normalized spacial score (nSPS) is 13.2. The summed E-state index contributed by atoms with van der Waals surface area (Å²) in [7, 11) is -1.51. The molecule has 0 spiro atoms. The molecule has 1 unspecified atom stereocenters. The van der Waals surface area contributed by atoms with Gasteiger partial charge in [0.1, 0.15) is 5.75 Å². The van der Waals surface area contributed by atoms with Crippen LogP contribution < -0.4 is 10.5 Å². The van der Waals surface area contributed by atoms with Gasteiger partial charge in [-0.05, 0) is 24.1 Å². The second kappa shape index (κ2) is 7.50. The Morgan fingerprint density at radius 2 is 2.05 bits per heavy atom. The minimum Gasteiger partial charge on any atom is -0.497 e. The van der Waals surface area contributed by atoms with Crippen molar-refractivity contribution in [1.29, 1.82) is 0 Å². The highest BCUT2D eigenvalue weighted by Gasteiger charge is 2.17. The number of hydrogen-bond donors (Lipinski definition) is 1. The Labute approximate surface area is 115 Å². The monoisotopic (exact) mass is 285 g/mol. The number of ether oxygens (including phenoxy) is 1. The molecule has 0 aromatic heterocycles. The molecule has 0 amide bonds. The summed E-state index contributed by atoms with van der Waals surface area (Å²) in [4.78, 5) is 0. The average Bonchev–Trinajstić information content (AvgIpc) is 2.38. The first-order chi connectivity index (χ1) is 8.98. The van der Waals surface area contributed by atoms with Crippen molar-refractivity contribution in [2.45, 2.75) is 32.2 Å². The summed E-state index contributed by atoms with van der Waals surface area (Å²) in [5.41, 5.74) is 6.76. The standard InChI is InChI=1S/C14H23NO3S/c1-3-4-5-9-19(16,17)11-14(15)12-7-6-8-13(10-12)18-2/h6-8,10,14H,3-5,9,11,15H2,1-2H3. The first-order valence-corrected chi connectivity index (χ1v) is 8.40. The van der Waals surface area contributed by atoms with Crippen LogP contribution in [-0.4, -0.2) is 27.0 Å². The molecule has 0 aliphatic carbocycles. The number of methoxy groups -OCH3 is 1. The first-order valence-electron chi connectivity index (χ1n) is 6.58. The van der Waals surface area contributed by atoms with Crippen LogP contribution in [0, 0.1) is 0 Å². The molecule has 0 heterocycles. The van der Waals surface area contributed by atoms with Crippen LogP contribution in [0.3, 0.4) is 0 Å². The molecule has 5 heteroatoms. The molecule has 0 saturated carbocycles. The summed E-state index contributed by atoms with van der Waals surface area (Å²) in [6.45, 7) is 2.05. The van der Waals surface area contributed by atoms with E-state index in [0.29, 0.717) is 12.2 Å². The van der Waals surface area contributed by atoms with Gasteiger partial charge >= 0.3 is 0 Å². The number of unbranched alkanes of at least 4 members (excludes halogenated alkanes) is 2. The van der Waals surface area contributed by atoms with Gasteiger partial charge in [0.05, 0.1) is 18.6 Å². The predicted octanol–water partition coefficient (Wildman–Crippen LogP) is 2.30. The fraction of sp³-hybridized carbons (Fsp3) is 0.571. The zero-order valence-corrected chi connectivity index (χ0v) is 12.4. The summed E-state index contributed by atoms with van der Waals surface area (Å²) in [6.07, 6.45) is 2.66. The van der Waals surface area contributed by atoms with Gasteiger partial charge in [0.25, 0.3) is 0 Å². The van der Waals surface area contributed by atoms with Gasteiger partial charge in [-0.1, -0.05) is 31.9 Å². The highest BCUT2D eigenvalue weighted by molar-refractivity contribution is 7.91. The number of sulfone groups is 1. The molecule has 0 radical (unpaired) electrons. The van der Waals surface area contributed by atoms with E-state index in [0.717, 1.165) is 18.4 Å². The van der Waals surface area contributed by atoms with Crippen molar-refractivity contribution in [3.8, 4) is 5.75 Å². The second-order valence-electron chi connectivity index (χ2n) is 4.70. The maximum Gasteiger partial charge on any atom is 0.152 e. The van der Waals surface area contributed by atoms with Crippen molar-refractivity contribution < 1.29 is 13.2 Å². The Kier molecular flexibility index (Phi) is 6.31. The molecular formula is C14H23NO3S. The highest BCUT2D eigenvalue weighted by atomic mass is 32.2. The molecule has 0 aliphatic heterocycles. The van der Waals surface area contributed by atoms with Crippen molar-refractivity contribution in [2.24, 2.45) is 5.73 Å². The third-order valence-electron chi connectivity index (χ3n) is 3.01. The van der Waals surface area contributed by atoms with Gasteiger partial charge in [-0.15, -0.1) is 0 Å². The van der Waals surface area contributed by atoms with Crippen LogP contribution in [0.5, 0.6) is 5.75 Å². The van der Waals surface area contributed by atoms with Crippen LogP contribution in [0.1, 0.15) is 37.8 Å². The number of rotatable bonds is 8. The molecule has 108 valence electrons. The highest BCUT2D eigenvalue weighted by Crippen LogP contribution is 2.19. The van der Waals surface area contributed by atoms with Crippen LogP contribution in [-0.2, 0) is 9.84 Å². The van der Waals surface area contributed by atoms with E-state index in [2.05, 4.69) is 6.92 Å². The summed E-state index contributed by atoms with van der Waals surface area (Å²) in [6, 6.07) is 6.74. The van der Waals surface area contributed by atoms with Gasteiger partial charge < -0.3 is 10.5 Å². The van der Waals surface area contributed by atoms with Gasteiger partial charge in [0, 0.05) is 6.04 Å². The van der Waals surface area contributed by atoms with Crippen LogP contribution in [0.15, 0.2) is 24.3 Å². The van der Waals surface area contributed by atoms with Crippen molar-refractivity contribution in [1.82, 2.24) is 0 Å². The molecule has 1 atom stereocenters. The van der Waals surface area contributed by atoms with Gasteiger partial charge in [-0.3, -0.25) is 0 Å². The number of benzene rings is 1. The SMILES string of the molecule is CCCCCS(=O)(=O)CC(N)c1cccc(OC)c1. The molecule has 0 saturated heterocycles. The Hall–Kier alpha value is -1.07. The second-order valence-corrected chi connectivity index (χ2v) is 6.93. The Balaban J connectivity index is 2.64. The molecule has 1 aromatic carbocycles. The molecule has 4 nitrogen and oxygen atoms in total. The first kappa shape index (κ1) is 16.0. The Morgan fingerprint density at radius 1 is 1.32 bits per heavy atom.